The highest BCUT2D eigenvalue weighted by Crippen LogP contribution is 2.31. The second-order valence-electron chi connectivity index (χ2n) is 5.49. The molecule has 0 bridgehead atoms. The first kappa shape index (κ1) is 18.4. The van der Waals surface area contributed by atoms with Gasteiger partial charge >= 0.3 is 5.97 Å². The minimum atomic E-state index is -1.22. The molecule has 136 valence electrons. The molecule has 0 atom stereocenters. The van der Waals surface area contributed by atoms with Gasteiger partial charge in [0.15, 0.2) is 11.6 Å². The average Bonchev–Trinajstić information content (AvgIpc) is 2.66. The summed E-state index contributed by atoms with van der Waals surface area (Å²) in [6.45, 7) is 0. The van der Waals surface area contributed by atoms with Crippen LogP contribution in [0.25, 0.3) is 0 Å². The van der Waals surface area contributed by atoms with Gasteiger partial charge in [-0.05, 0) is 36.4 Å². The number of amides is 1. The number of hydrogen-bond donors (Lipinski definition) is 2. The third kappa shape index (κ3) is 4.24. The lowest BCUT2D eigenvalue weighted by atomic mass is 10.1. The van der Waals surface area contributed by atoms with Crippen molar-refractivity contribution >= 4 is 29.2 Å². The number of carbonyl (C=O) groups excluding carboxylic acids is 1. The van der Waals surface area contributed by atoms with Crippen LogP contribution in [0.4, 0.5) is 10.1 Å². The van der Waals surface area contributed by atoms with E-state index in [0.717, 1.165) is 0 Å². The van der Waals surface area contributed by atoms with Gasteiger partial charge in [-0.15, -0.1) is 0 Å². The number of carbonyl (C=O) groups is 2. The number of aromatic carboxylic acids is 1. The summed E-state index contributed by atoms with van der Waals surface area (Å²) in [6.07, 6.45) is 0. The first-order valence-corrected chi connectivity index (χ1v) is 8.19. The fourth-order valence-electron chi connectivity index (χ4n) is 2.35. The van der Waals surface area contributed by atoms with E-state index in [4.69, 9.17) is 16.3 Å². The molecule has 3 aromatic rings. The van der Waals surface area contributed by atoms with Crippen LogP contribution in [0.15, 0.2) is 66.7 Å². The molecule has 0 heterocycles. The second-order valence-corrected chi connectivity index (χ2v) is 5.89. The largest absolute Gasteiger partial charge is 0.478 e. The van der Waals surface area contributed by atoms with Gasteiger partial charge in [-0.1, -0.05) is 35.9 Å². The monoisotopic (exact) mass is 385 g/mol. The fraction of sp³-hybridized carbons (Fsp3) is 0. The molecule has 7 heteroatoms. The van der Waals surface area contributed by atoms with E-state index in [-0.39, 0.29) is 27.8 Å². The Kier molecular flexibility index (Phi) is 5.38. The van der Waals surface area contributed by atoms with E-state index in [9.17, 15) is 19.1 Å². The fourth-order valence-corrected chi connectivity index (χ4v) is 2.52. The normalized spacial score (nSPS) is 10.3. The summed E-state index contributed by atoms with van der Waals surface area (Å²) in [7, 11) is 0. The van der Waals surface area contributed by atoms with Crippen molar-refractivity contribution in [2.24, 2.45) is 0 Å². The van der Waals surface area contributed by atoms with Crippen molar-refractivity contribution < 1.29 is 23.8 Å². The van der Waals surface area contributed by atoms with Gasteiger partial charge in [0.05, 0.1) is 16.3 Å². The van der Waals surface area contributed by atoms with E-state index in [2.05, 4.69) is 5.32 Å². The van der Waals surface area contributed by atoms with Crippen LogP contribution in [0.1, 0.15) is 20.7 Å². The lowest BCUT2D eigenvalue weighted by Gasteiger charge is -2.12. The maximum atomic E-state index is 14.0. The number of anilines is 1. The van der Waals surface area contributed by atoms with Crippen LogP contribution in [0.2, 0.25) is 5.02 Å². The van der Waals surface area contributed by atoms with Crippen LogP contribution >= 0.6 is 11.6 Å². The molecule has 0 fully saturated rings. The Labute approximate surface area is 159 Å². The lowest BCUT2D eigenvalue weighted by Crippen LogP contribution is -2.14. The second kappa shape index (κ2) is 7.88. The molecule has 0 unspecified atom stereocenters. The number of ether oxygens (including phenoxy) is 1. The van der Waals surface area contributed by atoms with Gasteiger partial charge in [-0.3, -0.25) is 4.79 Å². The summed E-state index contributed by atoms with van der Waals surface area (Å²) in [5.74, 6) is -2.42. The van der Waals surface area contributed by atoms with E-state index in [1.807, 2.05) is 0 Å². The Hall–Kier alpha value is -3.38. The topological polar surface area (TPSA) is 75.6 Å². The van der Waals surface area contributed by atoms with Crippen molar-refractivity contribution in [3.63, 3.8) is 0 Å². The highest BCUT2D eigenvalue weighted by Gasteiger charge is 2.16. The molecule has 27 heavy (non-hydrogen) atoms. The molecule has 0 radical (unpaired) electrons. The Balaban J connectivity index is 1.92. The molecule has 0 saturated heterocycles. The minimum absolute atomic E-state index is 0.0243. The van der Waals surface area contributed by atoms with Gasteiger partial charge in [0, 0.05) is 11.6 Å². The van der Waals surface area contributed by atoms with Gasteiger partial charge in [-0.2, -0.15) is 0 Å². The zero-order chi connectivity index (χ0) is 19.4. The van der Waals surface area contributed by atoms with Crippen LogP contribution in [-0.4, -0.2) is 17.0 Å². The van der Waals surface area contributed by atoms with Gasteiger partial charge < -0.3 is 15.2 Å². The van der Waals surface area contributed by atoms with Crippen LogP contribution in [-0.2, 0) is 0 Å². The number of nitrogens with one attached hydrogen (secondary N) is 1. The van der Waals surface area contributed by atoms with E-state index < -0.39 is 17.7 Å². The summed E-state index contributed by atoms with van der Waals surface area (Å²) in [5.41, 5.74) is 0.260. The van der Waals surface area contributed by atoms with Gasteiger partial charge in [0.25, 0.3) is 5.91 Å². The number of carboxylic acid groups (broad SMARTS) is 1. The molecule has 2 N–H and O–H groups in total. The summed E-state index contributed by atoms with van der Waals surface area (Å²) in [4.78, 5) is 23.8. The van der Waals surface area contributed by atoms with Crippen molar-refractivity contribution in [1.29, 1.82) is 0 Å². The molecule has 0 spiro atoms. The van der Waals surface area contributed by atoms with E-state index in [0.29, 0.717) is 5.56 Å². The zero-order valence-corrected chi connectivity index (χ0v) is 14.5. The molecule has 0 aliphatic heterocycles. The maximum absolute atomic E-state index is 14.0. The zero-order valence-electron chi connectivity index (χ0n) is 13.8. The molecule has 1 amide bonds. The summed E-state index contributed by atoms with van der Waals surface area (Å²) in [5, 5.41) is 11.8. The highest BCUT2D eigenvalue weighted by molar-refractivity contribution is 6.30. The highest BCUT2D eigenvalue weighted by atomic mass is 35.5. The summed E-state index contributed by atoms with van der Waals surface area (Å²) >= 11 is 5.73. The van der Waals surface area contributed by atoms with Crippen molar-refractivity contribution in [2.45, 2.75) is 0 Å². The molecule has 3 aromatic carbocycles. The van der Waals surface area contributed by atoms with Gasteiger partial charge in [-0.25, -0.2) is 9.18 Å². The minimum Gasteiger partial charge on any atom is -0.478 e. The number of rotatable bonds is 5. The SMILES string of the molecule is O=C(Nc1cc(Oc2cccc(Cl)c2F)ccc1C(=O)O)c1ccccc1. The van der Waals surface area contributed by atoms with Crippen LogP contribution < -0.4 is 10.1 Å². The number of hydrogen-bond acceptors (Lipinski definition) is 3. The van der Waals surface area contributed by atoms with E-state index in [1.54, 1.807) is 30.3 Å². The quantitative estimate of drug-likeness (QED) is 0.631. The van der Waals surface area contributed by atoms with Crippen molar-refractivity contribution in [3.8, 4) is 11.5 Å². The van der Waals surface area contributed by atoms with Crippen molar-refractivity contribution in [1.82, 2.24) is 0 Å². The molecule has 5 nitrogen and oxygen atoms in total. The number of halogens is 2. The Morgan fingerprint density at radius 3 is 2.44 bits per heavy atom. The van der Waals surface area contributed by atoms with Gasteiger partial charge in [0.1, 0.15) is 5.75 Å². The van der Waals surface area contributed by atoms with E-state index in [1.165, 1.54) is 36.4 Å². The molecular formula is C20H13ClFNO4. The van der Waals surface area contributed by atoms with Crippen molar-refractivity contribution in [2.75, 3.05) is 5.32 Å². The average molecular weight is 386 g/mol. The molecular weight excluding hydrogens is 373 g/mol. The molecule has 3 rings (SSSR count). The van der Waals surface area contributed by atoms with Gasteiger partial charge in [0.2, 0.25) is 0 Å². The summed E-state index contributed by atoms with van der Waals surface area (Å²) < 4.78 is 19.5. The number of benzene rings is 3. The third-order valence-electron chi connectivity index (χ3n) is 3.65. The smallest absolute Gasteiger partial charge is 0.337 e. The molecule has 0 saturated carbocycles. The van der Waals surface area contributed by atoms with Crippen molar-refractivity contribution in [3.05, 3.63) is 88.7 Å². The first-order valence-electron chi connectivity index (χ1n) is 7.81. The third-order valence-corrected chi connectivity index (χ3v) is 3.94. The van der Waals surface area contributed by atoms with Crippen LogP contribution in [0, 0.1) is 5.82 Å². The lowest BCUT2D eigenvalue weighted by molar-refractivity contribution is 0.0698. The molecule has 0 aliphatic carbocycles. The van der Waals surface area contributed by atoms with E-state index >= 15 is 0 Å². The number of carboxylic acids is 1. The molecule has 0 aromatic heterocycles. The summed E-state index contributed by atoms with van der Waals surface area (Å²) in [6, 6.07) is 16.5. The van der Waals surface area contributed by atoms with Crippen LogP contribution in [0.5, 0.6) is 11.5 Å². The Morgan fingerprint density at radius 2 is 1.74 bits per heavy atom. The first-order chi connectivity index (χ1) is 13.0. The Bertz CT molecular complexity index is 1010. The predicted molar refractivity (Wildman–Crippen MR) is 99.3 cm³/mol. The predicted octanol–water partition coefficient (Wildman–Crippen LogP) is 5.22. The van der Waals surface area contributed by atoms with Crippen LogP contribution in [0.3, 0.4) is 0 Å². The Morgan fingerprint density at radius 1 is 1.00 bits per heavy atom. The maximum Gasteiger partial charge on any atom is 0.337 e. The standard InChI is InChI=1S/C20H13ClFNO4/c21-15-7-4-8-17(18(15)22)27-13-9-10-14(20(25)26)16(11-13)23-19(24)12-5-2-1-3-6-12/h1-11H,(H,23,24)(H,25,26). The molecule has 0 aliphatic rings.